The monoisotopic (exact) mass is 123 g/mol. The summed E-state index contributed by atoms with van der Waals surface area (Å²) < 4.78 is 7.99. The summed E-state index contributed by atoms with van der Waals surface area (Å²) in [7, 11) is 0. The van der Waals surface area contributed by atoms with E-state index in [0.717, 1.165) is 0 Å². The molecule has 0 aliphatic heterocycles. The molecule has 0 aliphatic rings. The molecule has 0 aliphatic carbocycles. The fourth-order valence-corrected chi connectivity index (χ4v) is 0.261. The molecule has 0 aromatic carbocycles. The quantitative estimate of drug-likeness (QED) is 0.261. The zero-order valence-corrected chi connectivity index (χ0v) is 4.35. The van der Waals surface area contributed by atoms with Crippen molar-refractivity contribution < 1.29 is 9.39 Å². The molecule has 42 valence electrons. The normalized spacial score (nSPS) is 8.14. The average Bonchev–Trinajstić information content (AvgIpc) is 1.69. The minimum atomic E-state index is 0.171. The molecule has 0 bridgehead atoms. The number of rotatable bonds is 4. The van der Waals surface area contributed by atoms with Crippen LogP contribution in [0.1, 0.15) is 0 Å². The Labute approximate surface area is 45.0 Å². The first-order chi connectivity index (χ1) is 3.41. The molecular weight excluding hydrogens is 118 g/mol. The molecule has 0 spiro atoms. The summed E-state index contributed by atoms with van der Waals surface area (Å²) in [6.07, 6.45) is 0. The Morgan fingerprint density at radius 2 is 2.57 bits per heavy atom. The lowest BCUT2D eigenvalue weighted by molar-refractivity contribution is 0.156. The van der Waals surface area contributed by atoms with Gasteiger partial charge < -0.3 is 9.39 Å². The molecule has 0 heterocycles. The van der Waals surface area contributed by atoms with Crippen molar-refractivity contribution in [3.8, 4) is 0 Å². The van der Waals surface area contributed by atoms with Gasteiger partial charge in [-0.25, -0.2) is 0 Å². The third kappa shape index (κ3) is 5.71. The van der Waals surface area contributed by atoms with Gasteiger partial charge >= 0.3 is 0 Å². The Kier molecular flexibility index (Phi) is 5.47. The van der Waals surface area contributed by atoms with Gasteiger partial charge in [-0.05, 0) is 12.0 Å². The van der Waals surface area contributed by atoms with E-state index in [4.69, 9.17) is 9.46 Å². The molecule has 1 N–H and O–H groups in total. The van der Waals surface area contributed by atoms with Crippen molar-refractivity contribution in [1.82, 2.24) is 0 Å². The second kappa shape index (κ2) is 5.71. The second-order valence-electron chi connectivity index (χ2n) is 0.741. The van der Waals surface area contributed by atoms with Crippen LogP contribution in [0.15, 0.2) is 5.34 Å². The van der Waals surface area contributed by atoms with Crippen LogP contribution in [-0.4, -0.2) is 16.9 Å². The third-order valence-corrected chi connectivity index (χ3v) is 0.668. The van der Waals surface area contributed by atoms with Gasteiger partial charge in [0.1, 0.15) is 6.61 Å². The molecule has 0 saturated heterocycles. The van der Waals surface area contributed by atoms with Crippen molar-refractivity contribution in [3.63, 3.8) is 0 Å². The standard InChI is InChI=1S/C2H5NO3S/c4-3-6-1-2-7-5/h5H,1-2H2. The maximum Gasteiger partial charge on any atom is 0.155 e. The fraction of sp³-hybridized carbons (Fsp3) is 1.00. The Balaban J connectivity index is 2.56. The Hall–Kier alpha value is -0.290. The van der Waals surface area contributed by atoms with Crippen molar-refractivity contribution in [3.05, 3.63) is 4.91 Å². The first-order valence-electron chi connectivity index (χ1n) is 1.63. The predicted octanol–water partition coefficient (Wildman–Crippen LogP) is 0.891. The van der Waals surface area contributed by atoms with E-state index in [2.05, 4.69) is 10.2 Å². The average molecular weight is 123 g/mol. The highest BCUT2D eigenvalue weighted by atomic mass is 32.2. The highest BCUT2D eigenvalue weighted by Gasteiger charge is 1.81. The van der Waals surface area contributed by atoms with E-state index in [9.17, 15) is 0 Å². The van der Waals surface area contributed by atoms with E-state index in [1.165, 1.54) is 0 Å². The van der Waals surface area contributed by atoms with Gasteiger partial charge in [-0.1, -0.05) is 0 Å². The predicted molar refractivity (Wildman–Crippen MR) is 26.8 cm³/mol. The van der Waals surface area contributed by atoms with E-state index >= 15 is 0 Å². The molecule has 0 unspecified atom stereocenters. The summed E-state index contributed by atoms with van der Waals surface area (Å²) in [4.78, 5) is 13.1. The second-order valence-corrected chi connectivity index (χ2v) is 1.41. The van der Waals surface area contributed by atoms with Crippen LogP contribution >= 0.6 is 12.0 Å². The summed E-state index contributed by atoms with van der Waals surface area (Å²) in [5.74, 6) is 0.381. The van der Waals surface area contributed by atoms with Crippen LogP contribution < -0.4 is 0 Å². The van der Waals surface area contributed by atoms with Crippen molar-refractivity contribution in [2.24, 2.45) is 5.34 Å². The minimum absolute atomic E-state index is 0.171. The van der Waals surface area contributed by atoms with Gasteiger partial charge in [0.2, 0.25) is 0 Å². The lowest BCUT2D eigenvalue weighted by Gasteiger charge is -1.86. The molecule has 7 heavy (non-hydrogen) atoms. The Bertz CT molecular complexity index is 50.2. The van der Waals surface area contributed by atoms with Crippen LogP contribution in [0.2, 0.25) is 0 Å². The zero-order valence-electron chi connectivity index (χ0n) is 3.53. The molecule has 0 saturated carbocycles. The summed E-state index contributed by atoms with van der Waals surface area (Å²) in [6, 6.07) is 0. The molecule has 0 amide bonds. The van der Waals surface area contributed by atoms with Crippen LogP contribution in [0, 0.1) is 4.91 Å². The van der Waals surface area contributed by atoms with Crippen molar-refractivity contribution >= 4 is 12.0 Å². The Morgan fingerprint density at radius 3 is 3.00 bits per heavy atom. The molecule has 0 aromatic rings. The molecule has 5 heteroatoms. The van der Waals surface area contributed by atoms with Gasteiger partial charge in [-0.3, -0.25) is 0 Å². The molecule has 0 radical (unpaired) electrons. The maximum atomic E-state index is 9.12. The Morgan fingerprint density at radius 1 is 1.86 bits per heavy atom. The SMILES string of the molecule is O=NOCCSO. The van der Waals surface area contributed by atoms with Gasteiger partial charge in [-0.15, -0.1) is 4.91 Å². The van der Waals surface area contributed by atoms with E-state index in [-0.39, 0.29) is 6.61 Å². The van der Waals surface area contributed by atoms with Gasteiger partial charge in [0.15, 0.2) is 5.34 Å². The van der Waals surface area contributed by atoms with E-state index in [1.807, 2.05) is 0 Å². The number of hydrogen-bond acceptors (Lipinski definition) is 5. The van der Waals surface area contributed by atoms with E-state index in [0.29, 0.717) is 17.8 Å². The highest BCUT2D eigenvalue weighted by molar-refractivity contribution is 7.93. The molecule has 0 aromatic heterocycles. The van der Waals surface area contributed by atoms with E-state index in [1.54, 1.807) is 0 Å². The summed E-state index contributed by atoms with van der Waals surface area (Å²) in [5, 5.41) is 2.10. The van der Waals surface area contributed by atoms with Crippen molar-refractivity contribution in [2.75, 3.05) is 12.4 Å². The van der Waals surface area contributed by atoms with Crippen molar-refractivity contribution in [2.45, 2.75) is 0 Å². The van der Waals surface area contributed by atoms with Crippen LogP contribution in [-0.2, 0) is 4.84 Å². The first-order valence-corrected chi connectivity index (χ1v) is 2.57. The lowest BCUT2D eigenvalue weighted by atomic mass is 10.9. The zero-order chi connectivity index (χ0) is 5.54. The maximum absolute atomic E-state index is 9.12. The molecule has 4 nitrogen and oxygen atoms in total. The van der Waals surface area contributed by atoms with Crippen LogP contribution in [0.25, 0.3) is 0 Å². The van der Waals surface area contributed by atoms with Gasteiger partial charge in [0.25, 0.3) is 0 Å². The van der Waals surface area contributed by atoms with Gasteiger partial charge in [-0.2, -0.15) is 0 Å². The highest BCUT2D eigenvalue weighted by Crippen LogP contribution is 1.88. The fourth-order valence-electron chi connectivity index (χ4n) is 0.112. The molecule has 0 atom stereocenters. The van der Waals surface area contributed by atoms with Gasteiger partial charge in [0.05, 0.1) is 5.75 Å². The molecular formula is C2H5NO3S. The van der Waals surface area contributed by atoms with Crippen LogP contribution in [0.5, 0.6) is 0 Å². The van der Waals surface area contributed by atoms with Crippen molar-refractivity contribution in [1.29, 1.82) is 0 Å². The summed E-state index contributed by atoms with van der Waals surface area (Å²) >= 11 is 0.618. The van der Waals surface area contributed by atoms with Crippen LogP contribution in [0.3, 0.4) is 0 Å². The smallest absolute Gasteiger partial charge is 0.155 e. The first kappa shape index (κ1) is 6.71. The largest absolute Gasteiger partial charge is 0.363 e. The molecule has 0 rings (SSSR count). The summed E-state index contributed by atoms with van der Waals surface area (Å²) in [5.41, 5.74) is 0. The van der Waals surface area contributed by atoms with Crippen LogP contribution in [0.4, 0.5) is 0 Å². The third-order valence-electron chi connectivity index (χ3n) is 0.319. The minimum Gasteiger partial charge on any atom is -0.363 e. The number of nitrogens with zero attached hydrogens (tertiary/aromatic N) is 1. The van der Waals surface area contributed by atoms with E-state index < -0.39 is 0 Å². The van der Waals surface area contributed by atoms with Gasteiger partial charge in [0, 0.05) is 0 Å². The molecule has 0 fully saturated rings. The number of hydrogen-bond donors (Lipinski definition) is 1. The topological polar surface area (TPSA) is 58.9 Å². The lowest BCUT2D eigenvalue weighted by Crippen LogP contribution is -1.88. The summed E-state index contributed by atoms with van der Waals surface area (Å²) in [6.45, 7) is 0.171.